The zero-order valence-corrected chi connectivity index (χ0v) is 15.4. The van der Waals surface area contributed by atoms with Gasteiger partial charge in [-0.15, -0.1) is 0 Å². The van der Waals surface area contributed by atoms with Crippen molar-refractivity contribution >= 4 is 23.4 Å². The molecule has 0 spiro atoms. The molecule has 0 aromatic rings. The number of hydrogen-bond acceptors (Lipinski definition) is 5. The van der Waals surface area contributed by atoms with E-state index >= 15 is 0 Å². The third-order valence-electron chi connectivity index (χ3n) is 3.83. The molecule has 0 radical (unpaired) electrons. The van der Waals surface area contributed by atoms with Gasteiger partial charge in [-0.3, -0.25) is 19.2 Å². The first-order valence-electron chi connectivity index (χ1n) is 8.92. The Labute approximate surface area is 144 Å². The van der Waals surface area contributed by atoms with Crippen molar-refractivity contribution < 1.29 is 23.9 Å². The lowest BCUT2D eigenvalue weighted by molar-refractivity contribution is -0.152. The minimum atomic E-state index is -0.727. The Morgan fingerprint density at radius 3 is 1.79 bits per heavy atom. The lowest BCUT2D eigenvalue weighted by Crippen LogP contribution is -2.37. The Balaban J connectivity index is 4.27. The first-order chi connectivity index (χ1) is 11.4. The van der Waals surface area contributed by atoms with Crippen LogP contribution in [0.4, 0.5) is 0 Å². The molecule has 6 heteroatoms. The summed E-state index contributed by atoms with van der Waals surface area (Å²) in [6.45, 7) is 7.48. The van der Waals surface area contributed by atoms with Crippen LogP contribution in [0.25, 0.3) is 0 Å². The first-order valence-corrected chi connectivity index (χ1v) is 8.92. The van der Waals surface area contributed by atoms with E-state index < -0.39 is 17.8 Å². The Morgan fingerprint density at radius 1 is 0.833 bits per heavy atom. The number of amides is 1. The fourth-order valence-electron chi connectivity index (χ4n) is 2.48. The van der Waals surface area contributed by atoms with E-state index in [1.807, 2.05) is 13.8 Å². The molecule has 24 heavy (non-hydrogen) atoms. The van der Waals surface area contributed by atoms with Crippen LogP contribution in [0.2, 0.25) is 0 Å². The Hall–Kier alpha value is -1.72. The molecule has 0 rings (SSSR count). The van der Waals surface area contributed by atoms with Crippen LogP contribution in [-0.2, 0) is 23.9 Å². The van der Waals surface area contributed by atoms with E-state index in [-0.39, 0.29) is 30.6 Å². The lowest BCUT2D eigenvalue weighted by Gasteiger charge is -2.15. The highest BCUT2D eigenvalue weighted by atomic mass is 16.5. The molecule has 2 atom stereocenters. The second kappa shape index (κ2) is 12.7. The highest BCUT2D eigenvalue weighted by Crippen LogP contribution is 2.11. The van der Waals surface area contributed by atoms with Crippen molar-refractivity contribution in [3.8, 4) is 0 Å². The van der Waals surface area contributed by atoms with E-state index in [9.17, 15) is 19.2 Å². The summed E-state index contributed by atoms with van der Waals surface area (Å²) in [4.78, 5) is 47.6. The lowest BCUT2D eigenvalue weighted by atomic mass is 9.97. The minimum absolute atomic E-state index is 0.00111. The molecule has 0 aliphatic heterocycles. The average Bonchev–Trinajstić information content (AvgIpc) is 2.53. The van der Waals surface area contributed by atoms with E-state index in [2.05, 4.69) is 5.32 Å². The van der Waals surface area contributed by atoms with Crippen LogP contribution in [0.1, 0.15) is 66.2 Å². The average molecular weight is 341 g/mol. The van der Waals surface area contributed by atoms with Crippen LogP contribution >= 0.6 is 0 Å². The zero-order valence-electron chi connectivity index (χ0n) is 15.4. The van der Waals surface area contributed by atoms with Crippen molar-refractivity contribution in [2.24, 2.45) is 11.8 Å². The topological polar surface area (TPSA) is 89.5 Å². The normalized spacial score (nSPS) is 13.0. The van der Waals surface area contributed by atoms with Crippen LogP contribution in [0, 0.1) is 11.8 Å². The smallest absolute Gasteiger partial charge is 0.316 e. The van der Waals surface area contributed by atoms with Gasteiger partial charge in [-0.25, -0.2) is 0 Å². The monoisotopic (exact) mass is 341 g/mol. The molecule has 0 saturated carbocycles. The quantitative estimate of drug-likeness (QED) is 0.316. The summed E-state index contributed by atoms with van der Waals surface area (Å²) in [6, 6.07) is 0. The standard InChI is InChI=1S/C18H31NO5/c1-5-9-15(20)13(7-3)17(22)19-11-12-24-18(23)14(8-4)16(21)10-6-2/h13-14H,5-12H2,1-4H3,(H,19,22). The molecule has 138 valence electrons. The Morgan fingerprint density at radius 2 is 1.33 bits per heavy atom. The summed E-state index contributed by atoms with van der Waals surface area (Å²) >= 11 is 0. The van der Waals surface area contributed by atoms with Gasteiger partial charge in [0.05, 0.1) is 12.5 Å². The fraction of sp³-hybridized carbons (Fsp3) is 0.778. The number of esters is 1. The van der Waals surface area contributed by atoms with Crippen LogP contribution in [0.3, 0.4) is 0 Å². The van der Waals surface area contributed by atoms with E-state index in [4.69, 9.17) is 4.74 Å². The van der Waals surface area contributed by atoms with Gasteiger partial charge in [0.25, 0.3) is 0 Å². The van der Waals surface area contributed by atoms with Crippen molar-refractivity contribution in [1.82, 2.24) is 5.32 Å². The molecule has 2 unspecified atom stereocenters. The zero-order chi connectivity index (χ0) is 18.5. The van der Waals surface area contributed by atoms with E-state index in [0.717, 1.165) is 0 Å². The van der Waals surface area contributed by atoms with Crippen LogP contribution in [0.5, 0.6) is 0 Å². The molecule has 0 saturated heterocycles. The molecule has 0 aliphatic carbocycles. The predicted molar refractivity (Wildman–Crippen MR) is 91.4 cm³/mol. The molecule has 1 N–H and O–H groups in total. The van der Waals surface area contributed by atoms with Gasteiger partial charge in [-0.1, -0.05) is 27.7 Å². The predicted octanol–water partition coefficient (Wildman–Crippen LogP) is 2.44. The van der Waals surface area contributed by atoms with Gasteiger partial charge in [0.2, 0.25) is 5.91 Å². The molecule has 1 amide bonds. The first kappa shape index (κ1) is 22.3. The highest BCUT2D eigenvalue weighted by Gasteiger charge is 2.26. The van der Waals surface area contributed by atoms with Crippen LogP contribution < -0.4 is 5.32 Å². The molecule has 0 aromatic heterocycles. The number of ether oxygens (including phenoxy) is 1. The van der Waals surface area contributed by atoms with Gasteiger partial charge < -0.3 is 10.1 Å². The molecule has 0 fully saturated rings. The van der Waals surface area contributed by atoms with Gasteiger partial charge in [-0.2, -0.15) is 0 Å². The largest absolute Gasteiger partial charge is 0.463 e. The van der Waals surface area contributed by atoms with Crippen molar-refractivity contribution in [2.45, 2.75) is 66.2 Å². The summed E-state index contributed by atoms with van der Waals surface area (Å²) in [5, 5.41) is 2.62. The molecular weight excluding hydrogens is 310 g/mol. The maximum atomic E-state index is 12.0. The van der Waals surface area contributed by atoms with Crippen molar-refractivity contribution in [3.05, 3.63) is 0 Å². The Kier molecular flexibility index (Phi) is 11.8. The Bertz CT molecular complexity index is 393. The second-order valence-corrected chi connectivity index (χ2v) is 5.81. The van der Waals surface area contributed by atoms with Crippen molar-refractivity contribution in [3.63, 3.8) is 0 Å². The summed E-state index contributed by atoms with van der Waals surface area (Å²) < 4.78 is 5.07. The van der Waals surface area contributed by atoms with Gasteiger partial charge >= 0.3 is 5.97 Å². The summed E-state index contributed by atoms with van der Waals surface area (Å²) in [6.07, 6.45) is 3.02. The SMILES string of the molecule is CCCC(=O)C(CC)C(=O)NCCOC(=O)C(CC)C(=O)CCC. The van der Waals surface area contributed by atoms with E-state index in [0.29, 0.717) is 38.5 Å². The molecule has 0 aromatic carbocycles. The minimum Gasteiger partial charge on any atom is -0.463 e. The maximum absolute atomic E-state index is 12.0. The fourth-order valence-corrected chi connectivity index (χ4v) is 2.48. The van der Waals surface area contributed by atoms with Gasteiger partial charge in [0, 0.05) is 12.8 Å². The number of carbonyl (C=O) groups is 4. The molecule has 6 nitrogen and oxygen atoms in total. The maximum Gasteiger partial charge on any atom is 0.316 e. The van der Waals surface area contributed by atoms with Gasteiger partial charge in [0.15, 0.2) is 0 Å². The summed E-state index contributed by atoms with van der Waals surface area (Å²) in [5.74, 6) is -2.42. The van der Waals surface area contributed by atoms with Crippen molar-refractivity contribution in [1.29, 1.82) is 0 Å². The number of carbonyl (C=O) groups excluding carboxylic acids is 4. The third-order valence-corrected chi connectivity index (χ3v) is 3.83. The number of ketones is 2. The van der Waals surface area contributed by atoms with Crippen LogP contribution in [0.15, 0.2) is 0 Å². The third kappa shape index (κ3) is 7.70. The van der Waals surface area contributed by atoms with Gasteiger partial charge in [0.1, 0.15) is 24.1 Å². The summed E-state index contributed by atoms with van der Waals surface area (Å²) in [5.41, 5.74) is 0. The molecule has 0 aliphatic rings. The van der Waals surface area contributed by atoms with Gasteiger partial charge in [-0.05, 0) is 25.7 Å². The highest BCUT2D eigenvalue weighted by molar-refractivity contribution is 6.01. The molecule has 0 heterocycles. The summed E-state index contributed by atoms with van der Waals surface area (Å²) in [7, 11) is 0. The number of Topliss-reactive ketones (excluding diaryl/α,β-unsaturated/α-hetero) is 2. The second-order valence-electron chi connectivity index (χ2n) is 5.81. The number of hydrogen-bond donors (Lipinski definition) is 1. The van der Waals surface area contributed by atoms with Crippen LogP contribution in [-0.4, -0.2) is 36.6 Å². The molecule has 0 bridgehead atoms. The van der Waals surface area contributed by atoms with E-state index in [1.165, 1.54) is 0 Å². The van der Waals surface area contributed by atoms with E-state index in [1.54, 1.807) is 13.8 Å². The number of nitrogens with one attached hydrogen (secondary N) is 1. The number of rotatable bonds is 13. The molecular formula is C18H31NO5. The van der Waals surface area contributed by atoms with Crippen molar-refractivity contribution in [2.75, 3.05) is 13.2 Å².